The average Bonchev–Trinajstić information content (AvgIpc) is 2.89. The molecule has 1 aromatic heterocycles. The normalized spacial score (nSPS) is 10.7. The van der Waals surface area contributed by atoms with Gasteiger partial charge in [0.05, 0.1) is 19.4 Å². The van der Waals surface area contributed by atoms with E-state index in [2.05, 4.69) is 10.6 Å². The smallest absolute Gasteiger partial charge is 0.253 e. The summed E-state index contributed by atoms with van der Waals surface area (Å²) in [6.45, 7) is 1.32. The first-order valence-corrected chi connectivity index (χ1v) is 5.56. The number of hydrogen-bond acceptors (Lipinski definition) is 6. The lowest BCUT2D eigenvalue weighted by atomic mass is 10.2. The predicted octanol–water partition coefficient (Wildman–Crippen LogP) is 0.546. The SMILES string of the molecule is COCCNc1c(NCc2ccco2)c(=O)c1=O. The zero-order valence-electron chi connectivity index (χ0n) is 9.99. The van der Waals surface area contributed by atoms with Crippen molar-refractivity contribution in [2.24, 2.45) is 0 Å². The summed E-state index contributed by atoms with van der Waals surface area (Å²) in [4.78, 5) is 22.7. The molecule has 96 valence electrons. The van der Waals surface area contributed by atoms with Gasteiger partial charge in [0, 0.05) is 13.7 Å². The molecule has 0 aliphatic heterocycles. The molecule has 0 atom stereocenters. The van der Waals surface area contributed by atoms with E-state index in [1.807, 2.05) is 0 Å². The lowest BCUT2D eigenvalue weighted by Gasteiger charge is -2.13. The van der Waals surface area contributed by atoms with E-state index >= 15 is 0 Å². The maximum atomic E-state index is 11.4. The van der Waals surface area contributed by atoms with Gasteiger partial charge in [0.2, 0.25) is 0 Å². The average molecular weight is 250 g/mol. The van der Waals surface area contributed by atoms with Gasteiger partial charge in [-0.25, -0.2) is 0 Å². The van der Waals surface area contributed by atoms with E-state index in [1.165, 1.54) is 0 Å². The monoisotopic (exact) mass is 250 g/mol. The van der Waals surface area contributed by atoms with Crippen molar-refractivity contribution in [1.82, 2.24) is 0 Å². The summed E-state index contributed by atoms with van der Waals surface area (Å²) in [6.07, 6.45) is 1.55. The Bertz CT molecular complexity index is 567. The minimum Gasteiger partial charge on any atom is -0.467 e. The highest BCUT2D eigenvalue weighted by Gasteiger charge is 2.20. The van der Waals surface area contributed by atoms with Gasteiger partial charge in [-0.1, -0.05) is 0 Å². The van der Waals surface area contributed by atoms with Gasteiger partial charge in [-0.2, -0.15) is 0 Å². The van der Waals surface area contributed by atoms with Gasteiger partial charge in [-0.3, -0.25) is 9.59 Å². The summed E-state index contributed by atoms with van der Waals surface area (Å²) in [6, 6.07) is 3.55. The minimum atomic E-state index is -0.499. The Hall–Kier alpha value is -2.08. The fourth-order valence-corrected chi connectivity index (χ4v) is 1.60. The van der Waals surface area contributed by atoms with Crippen LogP contribution < -0.4 is 21.5 Å². The molecule has 6 heteroatoms. The fraction of sp³-hybridized carbons (Fsp3) is 0.333. The molecule has 0 aliphatic carbocycles. The van der Waals surface area contributed by atoms with E-state index in [0.717, 1.165) is 0 Å². The Morgan fingerprint density at radius 1 is 1.22 bits per heavy atom. The Balaban J connectivity index is 1.97. The van der Waals surface area contributed by atoms with Crippen LogP contribution in [0.3, 0.4) is 0 Å². The van der Waals surface area contributed by atoms with Crippen LogP contribution in [0.1, 0.15) is 5.76 Å². The molecule has 2 N–H and O–H groups in total. The second-order valence-corrected chi connectivity index (χ2v) is 3.76. The van der Waals surface area contributed by atoms with Gasteiger partial charge in [-0.05, 0) is 12.1 Å². The van der Waals surface area contributed by atoms with E-state index in [1.54, 1.807) is 25.5 Å². The van der Waals surface area contributed by atoms with Crippen molar-refractivity contribution in [3.63, 3.8) is 0 Å². The maximum absolute atomic E-state index is 11.4. The van der Waals surface area contributed by atoms with Crippen molar-refractivity contribution < 1.29 is 9.15 Å². The Labute approximate surface area is 103 Å². The van der Waals surface area contributed by atoms with Crippen LogP contribution in [-0.2, 0) is 11.3 Å². The molecule has 2 aromatic rings. The number of methoxy groups -OCH3 is 1. The van der Waals surface area contributed by atoms with Crippen LogP contribution in [0.4, 0.5) is 11.4 Å². The third-order valence-electron chi connectivity index (χ3n) is 2.54. The Morgan fingerprint density at radius 3 is 2.56 bits per heavy atom. The molecule has 0 amide bonds. The van der Waals surface area contributed by atoms with Crippen LogP contribution >= 0.6 is 0 Å². The third-order valence-corrected chi connectivity index (χ3v) is 2.54. The van der Waals surface area contributed by atoms with Crippen molar-refractivity contribution in [1.29, 1.82) is 0 Å². The van der Waals surface area contributed by atoms with Gasteiger partial charge in [-0.15, -0.1) is 0 Å². The molecule has 0 unspecified atom stereocenters. The molecule has 0 aliphatic rings. The van der Waals surface area contributed by atoms with Gasteiger partial charge in [0.15, 0.2) is 0 Å². The molecular formula is C12H14N2O4. The number of ether oxygens (including phenoxy) is 1. The van der Waals surface area contributed by atoms with Crippen LogP contribution in [0.2, 0.25) is 0 Å². The van der Waals surface area contributed by atoms with E-state index in [4.69, 9.17) is 9.15 Å². The zero-order chi connectivity index (χ0) is 13.0. The second kappa shape index (κ2) is 5.50. The highest BCUT2D eigenvalue weighted by molar-refractivity contribution is 5.73. The zero-order valence-corrected chi connectivity index (χ0v) is 9.99. The molecule has 6 nitrogen and oxygen atoms in total. The van der Waals surface area contributed by atoms with Gasteiger partial charge < -0.3 is 19.8 Å². The van der Waals surface area contributed by atoms with E-state index in [-0.39, 0.29) is 0 Å². The van der Waals surface area contributed by atoms with Gasteiger partial charge >= 0.3 is 0 Å². The first kappa shape index (κ1) is 12.4. The summed E-state index contributed by atoms with van der Waals surface area (Å²) in [7, 11) is 1.57. The van der Waals surface area contributed by atoms with Crippen LogP contribution in [0.25, 0.3) is 0 Å². The van der Waals surface area contributed by atoms with Crippen LogP contribution in [0.5, 0.6) is 0 Å². The summed E-state index contributed by atoms with van der Waals surface area (Å²) >= 11 is 0. The third kappa shape index (κ3) is 2.43. The van der Waals surface area contributed by atoms with Gasteiger partial charge in [0.25, 0.3) is 10.9 Å². The molecule has 1 heterocycles. The Kier molecular flexibility index (Phi) is 3.78. The number of furan rings is 1. The molecule has 1 aromatic carbocycles. The number of anilines is 2. The number of hydrogen-bond donors (Lipinski definition) is 2. The van der Waals surface area contributed by atoms with Crippen LogP contribution in [-0.4, -0.2) is 20.3 Å². The molecule has 0 fully saturated rings. The highest BCUT2D eigenvalue weighted by Crippen LogP contribution is 2.15. The minimum absolute atomic E-state index is 0.313. The summed E-state index contributed by atoms with van der Waals surface area (Å²) < 4.78 is 9.99. The quantitative estimate of drug-likeness (QED) is 0.551. The first-order chi connectivity index (χ1) is 8.74. The van der Waals surface area contributed by atoms with Gasteiger partial charge in [0.1, 0.15) is 17.1 Å². The van der Waals surface area contributed by atoms with Crippen molar-refractivity contribution >= 4 is 11.4 Å². The molecule has 0 spiro atoms. The van der Waals surface area contributed by atoms with Crippen molar-refractivity contribution in [2.45, 2.75) is 6.54 Å². The molecule has 0 saturated heterocycles. The second-order valence-electron chi connectivity index (χ2n) is 3.76. The maximum Gasteiger partial charge on any atom is 0.253 e. The molecule has 0 bridgehead atoms. The number of nitrogens with one attached hydrogen (secondary N) is 2. The topological polar surface area (TPSA) is 80.6 Å². The molecular weight excluding hydrogens is 236 g/mol. The standard InChI is InChI=1S/C12H14N2O4/c1-17-6-4-13-9-10(12(16)11(9)15)14-7-8-3-2-5-18-8/h2-3,5,13-14H,4,6-7H2,1H3. The predicted molar refractivity (Wildman–Crippen MR) is 67.8 cm³/mol. The fourth-order valence-electron chi connectivity index (χ4n) is 1.60. The molecule has 0 saturated carbocycles. The van der Waals surface area contributed by atoms with Crippen molar-refractivity contribution in [3.8, 4) is 0 Å². The van der Waals surface area contributed by atoms with Crippen molar-refractivity contribution in [3.05, 3.63) is 44.6 Å². The summed E-state index contributed by atoms with van der Waals surface area (Å²) in [5.74, 6) is 0.700. The van der Waals surface area contributed by atoms with E-state index in [0.29, 0.717) is 36.8 Å². The highest BCUT2D eigenvalue weighted by atomic mass is 16.5. The van der Waals surface area contributed by atoms with E-state index < -0.39 is 10.9 Å². The lowest BCUT2D eigenvalue weighted by Crippen LogP contribution is -2.37. The number of rotatable bonds is 7. The van der Waals surface area contributed by atoms with Crippen LogP contribution in [0, 0.1) is 0 Å². The molecule has 0 radical (unpaired) electrons. The Morgan fingerprint density at radius 2 is 1.94 bits per heavy atom. The van der Waals surface area contributed by atoms with Crippen molar-refractivity contribution in [2.75, 3.05) is 30.9 Å². The first-order valence-electron chi connectivity index (χ1n) is 5.56. The summed E-state index contributed by atoms with van der Waals surface area (Å²) in [5, 5.41) is 5.76. The lowest BCUT2D eigenvalue weighted by molar-refractivity contribution is 0.210. The molecule has 2 rings (SSSR count). The molecule has 18 heavy (non-hydrogen) atoms. The van der Waals surface area contributed by atoms with Crippen LogP contribution in [0.15, 0.2) is 32.4 Å². The summed E-state index contributed by atoms with van der Waals surface area (Å²) in [5.41, 5.74) is -0.356. The van der Waals surface area contributed by atoms with E-state index in [9.17, 15) is 9.59 Å². The largest absolute Gasteiger partial charge is 0.467 e.